The molecule has 0 aliphatic heterocycles. The molecule has 0 unspecified atom stereocenters. The van der Waals surface area contributed by atoms with E-state index in [1.165, 1.54) is 12.1 Å². The zero-order chi connectivity index (χ0) is 8.97. The zero-order valence-electron chi connectivity index (χ0n) is 7.42. The third-order valence-corrected chi connectivity index (χ3v) is 1.54. The summed E-state index contributed by atoms with van der Waals surface area (Å²) in [6, 6.07) is 6.49. The molecule has 12 heavy (non-hydrogen) atoms. The second-order valence-corrected chi connectivity index (χ2v) is 3.15. The van der Waals surface area contributed by atoms with Gasteiger partial charge in [0.05, 0.1) is 0 Å². The highest BCUT2D eigenvalue weighted by Gasteiger charge is 1.89. The fourth-order valence-electron chi connectivity index (χ4n) is 0.877. The first kappa shape index (κ1) is 8.98. The number of rotatable bonds is 2. The number of hydrogen-bond acceptors (Lipinski definition) is 0. The Hall–Kier alpha value is -1.11. The van der Waals surface area contributed by atoms with E-state index in [4.69, 9.17) is 0 Å². The number of benzene rings is 1. The van der Waals surface area contributed by atoms with E-state index in [0.717, 1.165) is 5.56 Å². The van der Waals surface area contributed by atoms with Crippen molar-refractivity contribution in [3.05, 3.63) is 41.7 Å². The van der Waals surface area contributed by atoms with Crippen LogP contribution in [0.1, 0.15) is 19.4 Å². The maximum Gasteiger partial charge on any atom is 0.123 e. The largest absolute Gasteiger partial charge is 0.207 e. The Morgan fingerprint density at radius 2 is 1.75 bits per heavy atom. The summed E-state index contributed by atoms with van der Waals surface area (Å²) in [5.74, 6) is 0.353. The lowest BCUT2D eigenvalue weighted by molar-refractivity contribution is 0.628. The van der Waals surface area contributed by atoms with Gasteiger partial charge in [0.25, 0.3) is 0 Å². The molecule has 1 aromatic carbocycles. The maximum absolute atomic E-state index is 12.5. The average Bonchev–Trinajstić information content (AvgIpc) is 2.03. The maximum atomic E-state index is 12.5. The van der Waals surface area contributed by atoms with Gasteiger partial charge in [0, 0.05) is 0 Å². The lowest BCUT2D eigenvalue weighted by Crippen LogP contribution is -1.78. The Balaban J connectivity index is 2.71. The Morgan fingerprint density at radius 3 is 2.25 bits per heavy atom. The smallest absolute Gasteiger partial charge is 0.123 e. The molecule has 0 atom stereocenters. The molecule has 0 amide bonds. The van der Waals surface area contributed by atoms with Crippen LogP contribution in [0.3, 0.4) is 0 Å². The first-order valence-corrected chi connectivity index (χ1v) is 4.12. The van der Waals surface area contributed by atoms with Gasteiger partial charge in [-0.1, -0.05) is 38.1 Å². The van der Waals surface area contributed by atoms with Crippen molar-refractivity contribution in [2.24, 2.45) is 5.92 Å². The van der Waals surface area contributed by atoms with Crippen molar-refractivity contribution in [1.82, 2.24) is 0 Å². The standard InChI is InChI=1S/C11H13F/c1-9(2)3-4-10-5-7-11(12)8-6-10/h3-9H,1-2H3/b4-3+. The lowest BCUT2D eigenvalue weighted by Gasteiger charge is -1.95. The lowest BCUT2D eigenvalue weighted by atomic mass is 10.1. The topological polar surface area (TPSA) is 0 Å². The van der Waals surface area contributed by atoms with Gasteiger partial charge in [-0.3, -0.25) is 0 Å². The molecule has 1 rings (SSSR count). The molecule has 0 bridgehead atoms. The van der Waals surface area contributed by atoms with Crippen molar-refractivity contribution in [3.8, 4) is 0 Å². The molecule has 0 nitrogen and oxygen atoms in total. The Morgan fingerprint density at radius 1 is 1.17 bits per heavy atom. The molecule has 0 radical (unpaired) electrons. The minimum atomic E-state index is -0.184. The molecule has 1 heteroatoms. The first-order chi connectivity index (χ1) is 5.68. The quantitative estimate of drug-likeness (QED) is 0.627. The molecule has 0 saturated carbocycles. The molecule has 0 fully saturated rings. The van der Waals surface area contributed by atoms with Gasteiger partial charge in [0.1, 0.15) is 5.82 Å². The molecule has 0 aliphatic rings. The molecule has 0 aromatic heterocycles. The van der Waals surface area contributed by atoms with Gasteiger partial charge in [-0.05, 0) is 23.6 Å². The van der Waals surface area contributed by atoms with Crippen LogP contribution >= 0.6 is 0 Å². The molecule has 0 spiro atoms. The van der Waals surface area contributed by atoms with Gasteiger partial charge >= 0.3 is 0 Å². The van der Waals surface area contributed by atoms with Crippen molar-refractivity contribution in [2.75, 3.05) is 0 Å². The highest BCUT2D eigenvalue weighted by Crippen LogP contribution is 2.06. The predicted molar refractivity (Wildman–Crippen MR) is 50.3 cm³/mol. The number of hydrogen-bond donors (Lipinski definition) is 0. The first-order valence-electron chi connectivity index (χ1n) is 4.12. The van der Waals surface area contributed by atoms with Crippen LogP contribution in [0.15, 0.2) is 30.3 Å². The van der Waals surface area contributed by atoms with E-state index in [1.54, 1.807) is 12.1 Å². The summed E-state index contributed by atoms with van der Waals surface area (Å²) >= 11 is 0. The minimum absolute atomic E-state index is 0.184. The summed E-state index contributed by atoms with van der Waals surface area (Å²) in [5.41, 5.74) is 1.05. The number of allylic oxidation sites excluding steroid dienone is 1. The van der Waals surface area contributed by atoms with Crippen LogP contribution in [-0.2, 0) is 0 Å². The summed E-state index contributed by atoms with van der Waals surface area (Å²) < 4.78 is 12.5. The van der Waals surface area contributed by atoms with E-state index in [9.17, 15) is 4.39 Å². The van der Waals surface area contributed by atoms with Gasteiger partial charge in [-0.25, -0.2) is 4.39 Å². The van der Waals surface area contributed by atoms with Gasteiger partial charge in [0.15, 0.2) is 0 Å². The van der Waals surface area contributed by atoms with E-state index in [-0.39, 0.29) is 5.82 Å². The summed E-state index contributed by atoms with van der Waals surface area (Å²) in [6.07, 6.45) is 4.09. The second-order valence-electron chi connectivity index (χ2n) is 3.15. The summed E-state index contributed by atoms with van der Waals surface area (Å²) in [6.45, 7) is 4.22. The van der Waals surface area contributed by atoms with Crippen molar-refractivity contribution >= 4 is 6.08 Å². The molecule has 64 valence electrons. The van der Waals surface area contributed by atoms with Crippen LogP contribution in [0.4, 0.5) is 4.39 Å². The van der Waals surface area contributed by atoms with E-state index in [1.807, 2.05) is 6.08 Å². The predicted octanol–water partition coefficient (Wildman–Crippen LogP) is 3.49. The highest BCUT2D eigenvalue weighted by molar-refractivity contribution is 5.48. The SMILES string of the molecule is CC(C)/C=C/c1ccc(F)cc1. The molecule has 0 heterocycles. The fraction of sp³-hybridized carbons (Fsp3) is 0.273. The van der Waals surface area contributed by atoms with Crippen molar-refractivity contribution in [1.29, 1.82) is 0 Å². The average molecular weight is 164 g/mol. The molecule has 1 aromatic rings. The van der Waals surface area contributed by atoms with Crippen LogP contribution in [0.2, 0.25) is 0 Å². The van der Waals surface area contributed by atoms with Crippen LogP contribution in [0.25, 0.3) is 6.08 Å². The van der Waals surface area contributed by atoms with Crippen LogP contribution in [-0.4, -0.2) is 0 Å². The van der Waals surface area contributed by atoms with Crippen molar-refractivity contribution in [3.63, 3.8) is 0 Å². The van der Waals surface area contributed by atoms with Crippen LogP contribution in [0, 0.1) is 11.7 Å². The zero-order valence-corrected chi connectivity index (χ0v) is 7.42. The van der Waals surface area contributed by atoms with Crippen molar-refractivity contribution < 1.29 is 4.39 Å². The Kier molecular flexibility index (Phi) is 3.03. The van der Waals surface area contributed by atoms with Gasteiger partial charge in [0.2, 0.25) is 0 Å². The van der Waals surface area contributed by atoms with Gasteiger partial charge in [-0.15, -0.1) is 0 Å². The van der Waals surface area contributed by atoms with E-state index in [2.05, 4.69) is 19.9 Å². The fourth-order valence-corrected chi connectivity index (χ4v) is 0.877. The molecule has 0 N–H and O–H groups in total. The van der Waals surface area contributed by atoms with E-state index < -0.39 is 0 Å². The normalized spacial score (nSPS) is 11.3. The molecule has 0 aliphatic carbocycles. The second kappa shape index (κ2) is 4.05. The third-order valence-electron chi connectivity index (χ3n) is 1.54. The monoisotopic (exact) mass is 164 g/mol. The molecule has 0 saturated heterocycles. The number of halogens is 1. The highest BCUT2D eigenvalue weighted by atomic mass is 19.1. The van der Waals surface area contributed by atoms with Crippen molar-refractivity contribution in [2.45, 2.75) is 13.8 Å². The molecular weight excluding hydrogens is 151 g/mol. The van der Waals surface area contributed by atoms with Gasteiger partial charge in [-0.2, -0.15) is 0 Å². The van der Waals surface area contributed by atoms with Crippen LogP contribution < -0.4 is 0 Å². The van der Waals surface area contributed by atoms with Gasteiger partial charge < -0.3 is 0 Å². The molecular formula is C11H13F. The van der Waals surface area contributed by atoms with E-state index >= 15 is 0 Å². The Bertz CT molecular complexity index is 257. The third kappa shape index (κ3) is 2.87. The summed E-state index contributed by atoms with van der Waals surface area (Å²) in [5, 5.41) is 0. The van der Waals surface area contributed by atoms with E-state index in [0.29, 0.717) is 5.92 Å². The van der Waals surface area contributed by atoms with Crippen LogP contribution in [0.5, 0.6) is 0 Å². The minimum Gasteiger partial charge on any atom is -0.207 e. The summed E-state index contributed by atoms with van der Waals surface area (Å²) in [7, 11) is 0. The summed E-state index contributed by atoms with van der Waals surface area (Å²) in [4.78, 5) is 0. The Labute approximate surface area is 72.7 Å².